The molecule has 2 amide bonds. The largest absolute Gasteiger partial charge is 0.494 e. The lowest BCUT2D eigenvalue weighted by Crippen LogP contribution is -2.28. The number of anilines is 1. The zero-order chi connectivity index (χ0) is 21.9. The molecule has 31 heavy (non-hydrogen) atoms. The van der Waals surface area contributed by atoms with Crippen molar-refractivity contribution < 1.29 is 19.1 Å². The predicted molar refractivity (Wildman–Crippen MR) is 121 cm³/mol. The topological polar surface area (TPSA) is 76.7 Å². The normalized spacial score (nSPS) is 10.2. The van der Waals surface area contributed by atoms with E-state index in [2.05, 4.69) is 10.6 Å². The molecule has 0 aliphatic carbocycles. The Labute approximate surface area is 182 Å². The van der Waals surface area contributed by atoms with Gasteiger partial charge in [-0.1, -0.05) is 30.3 Å². The van der Waals surface area contributed by atoms with Gasteiger partial charge in [0.25, 0.3) is 0 Å². The van der Waals surface area contributed by atoms with Crippen molar-refractivity contribution in [2.24, 2.45) is 0 Å². The van der Waals surface area contributed by atoms with E-state index < -0.39 is 0 Å². The summed E-state index contributed by atoms with van der Waals surface area (Å²) >= 11 is 0. The van der Waals surface area contributed by atoms with E-state index in [1.807, 2.05) is 61.5 Å². The molecule has 160 valence electrons. The summed E-state index contributed by atoms with van der Waals surface area (Å²) < 4.78 is 11.2. The third-order valence-corrected chi connectivity index (χ3v) is 4.39. The first-order chi connectivity index (χ1) is 15.1. The Morgan fingerprint density at radius 1 is 0.774 bits per heavy atom. The Balaban J connectivity index is 1.39. The van der Waals surface area contributed by atoms with Gasteiger partial charge in [-0.3, -0.25) is 9.59 Å². The summed E-state index contributed by atoms with van der Waals surface area (Å²) in [6.45, 7) is 2.84. The summed E-state index contributed by atoms with van der Waals surface area (Å²) in [7, 11) is 0. The maximum Gasteiger partial charge on any atom is 0.226 e. The highest BCUT2D eigenvalue weighted by atomic mass is 16.5. The molecule has 0 aliphatic heterocycles. The molecule has 0 aliphatic rings. The highest BCUT2D eigenvalue weighted by Crippen LogP contribution is 2.25. The fraction of sp³-hybridized carbons (Fsp3) is 0.200. The smallest absolute Gasteiger partial charge is 0.226 e. The van der Waals surface area contributed by atoms with E-state index in [0.717, 1.165) is 11.3 Å². The number of benzene rings is 3. The Hall–Kier alpha value is -3.80. The molecule has 0 aromatic heterocycles. The maximum atomic E-state index is 12.1. The summed E-state index contributed by atoms with van der Waals surface area (Å²) in [4.78, 5) is 24.0. The van der Waals surface area contributed by atoms with Crippen molar-refractivity contribution in [2.45, 2.75) is 19.8 Å². The maximum absolute atomic E-state index is 12.1. The van der Waals surface area contributed by atoms with Crippen molar-refractivity contribution in [3.63, 3.8) is 0 Å². The Kier molecular flexibility index (Phi) is 8.05. The minimum atomic E-state index is -0.166. The van der Waals surface area contributed by atoms with Gasteiger partial charge in [0.1, 0.15) is 17.2 Å². The Morgan fingerprint density at radius 3 is 2.03 bits per heavy atom. The first-order valence-corrected chi connectivity index (χ1v) is 10.2. The standard InChI is InChI=1S/C25H26N2O4/c1-2-30-21-12-14-23(15-13-21)31-22-10-8-20(9-11-22)27-24(28)16-17-26-25(29)18-19-6-4-3-5-7-19/h3-15H,2,16-18H2,1H3,(H,26,29)(H,27,28). The average molecular weight is 418 g/mol. The third kappa shape index (κ3) is 7.51. The fourth-order valence-corrected chi connectivity index (χ4v) is 2.90. The number of hydrogen-bond donors (Lipinski definition) is 2. The van der Waals surface area contributed by atoms with Gasteiger partial charge in [0, 0.05) is 18.7 Å². The third-order valence-electron chi connectivity index (χ3n) is 4.39. The van der Waals surface area contributed by atoms with Gasteiger partial charge in [-0.05, 0) is 61.0 Å². The second-order valence-electron chi connectivity index (χ2n) is 6.84. The van der Waals surface area contributed by atoms with Crippen LogP contribution in [0.5, 0.6) is 17.2 Å². The number of ether oxygens (including phenoxy) is 2. The van der Waals surface area contributed by atoms with Gasteiger partial charge >= 0.3 is 0 Å². The van der Waals surface area contributed by atoms with Crippen LogP contribution in [-0.4, -0.2) is 25.0 Å². The molecule has 3 aromatic rings. The second-order valence-corrected chi connectivity index (χ2v) is 6.84. The minimum absolute atomic E-state index is 0.102. The van der Waals surface area contributed by atoms with Gasteiger partial charge in [-0.2, -0.15) is 0 Å². The van der Waals surface area contributed by atoms with Crippen LogP contribution < -0.4 is 20.1 Å². The van der Waals surface area contributed by atoms with E-state index in [0.29, 0.717) is 30.2 Å². The molecule has 0 fully saturated rings. The van der Waals surface area contributed by atoms with Crippen molar-refractivity contribution >= 4 is 17.5 Å². The SMILES string of the molecule is CCOc1ccc(Oc2ccc(NC(=O)CCNC(=O)Cc3ccccc3)cc2)cc1. The second kappa shape index (κ2) is 11.4. The monoisotopic (exact) mass is 418 g/mol. The van der Waals surface area contributed by atoms with Gasteiger partial charge in [0.05, 0.1) is 13.0 Å². The van der Waals surface area contributed by atoms with Gasteiger partial charge < -0.3 is 20.1 Å². The molecule has 6 heteroatoms. The van der Waals surface area contributed by atoms with Crippen LogP contribution in [0.25, 0.3) is 0 Å². The minimum Gasteiger partial charge on any atom is -0.494 e. The average Bonchev–Trinajstić information content (AvgIpc) is 2.77. The number of nitrogens with one attached hydrogen (secondary N) is 2. The van der Waals surface area contributed by atoms with Gasteiger partial charge in [-0.25, -0.2) is 0 Å². The Morgan fingerprint density at radius 2 is 1.39 bits per heavy atom. The van der Waals surface area contributed by atoms with Crippen molar-refractivity contribution in [3.05, 3.63) is 84.4 Å². The van der Waals surface area contributed by atoms with Crippen molar-refractivity contribution in [1.82, 2.24) is 5.32 Å². The molecule has 0 saturated carbocycles. The van der Waals surface area contributed by atoms with E-state index in [1.165, 1.54) is 0 Å². The molecular weight excluding hydrogens is 392 g/mol. The molecular formula is C25H26N2O4. The van der Waals surface area contributed by atoms with Crippen LogP contribution in [0, 0.1) is 0 Å². The van der Waals surface area contributed by atoms with E-state index in [9.17, 15) is 9.59 Å². The van der Waals surface area contributed by atoms with E-state index in [-0.39, 0.29) is 24.8 Å². The number of rotatable bonds is 10. The molecule has 6 nitrogen and oxygen atoms in total. The quantitative estimate of drug-likeness (QED) is 0.506. The summed E-state index contributed by atoms with van der Waals surface area (Å²) in [5.41, 5.74) is 1.61. The van der Waals surface area contributed by atoms with Crippen LogP contribution in [0.2, 0.25) is 0 Å². The molecule has 0 unspecified atom stereocenters. The molecule has 0 heterocycles. The molecule has 0 radical (unpaired) electrons. The molecule has 3 rings (SSSR count). The predicted octanol–water partition coefficient (Wildman–Crippen LogP) is 4.57. The molecule has 2 N–H and O–H groups in total. The van der Waals surface area contributed by atoms with Crippen LogP contribution in [0.4, 0.5) is 5.69 Å². The highest BCUT2D eigenvalue weighted by molar-refractivity contribution is 5.91. The number of carbonyl (C=O) groups is 2. The van der Waals surface area contributed by atoms with Crippen LogP contribution in [0.1, 0.15) is 18.9 Å². The van der Waals surface area contributed by atoms with E-state index in [4.69, 9.17) is 9.47 Å². The molecule has 0 spiro atoms. The Bertz CT molecular complexity index is 971. The summed E-state index contributed by atoms with van der Waals surface area (Å²) in [5.74, 6) is 1.89. The van der Waals surface area contributed by atoms with E-state index in [1.54, 1.807) is 24.3 Å². The van der Waals surface area contributed by atoms with Crippen LogP contribution in [0.15, 0.2) is 78.9 Å². The van der Waals surface area contributed by atoms with Gasteiger partial charge in [0.15, 0.2) is 0 Å². The fourth-order valence-electron chi connectivity index (χ4n) is 2.90. The lowest BCUT2D eigenvalue weighted by molar-refractivity contribution is -0.120. The number of carbonyl (C=O) groups excluding carboxylic acids is 2. The van der Waals surface area contributed by atoms with E-state index >= 15 is 0 Å². The zero-order valence-corrected chi connectivity index (χ0v) is 17.5. The molecule has 0 bridgehead atoms. The van der Waals surface area contributed by atoms with Crippen molar-refractivity contribution in [3.8, 4) is 17.2 Å². The van der Waals surface area contributed by atoms with Gasteiger partial charge in [0.2, 0.25) is 11.8 Å². The lowest BCUT2D eigenvalue weighted by Gasteiger charge is -2.09. The number of hydrogen-bond acceptors (Lipinski definition) is 4. The first kappa shape index (κ1) is 21.9. The summed E-state index contributed by atoms with van der Waals surface area (Å²) in [5, 5.41) is 5.58. The van der Waals surface area contributed by atoms with Crippen LogP contribution in [0.3, 0.4) is 0 Å². The summed E-state index contributed by atoms with van der Waals surface area (Å²) in [6, 6.07) is 24.0. The van der Waals surface area contributed by atoms with Gasteiger partial charge in [-0.15, -0.1) is 0 Å². The van der Waals surface area contributed by atoms with Crippen LogP contribution >= 0.6 is 0 Å². The van der Waals surface area contributed by atoms with Crippen molar-refractivity contribution in [2.75, 3.05) is 18.5 Å². The lowest BCUT2D eigenvalue weighted by atomic mass is 10.1. The number of amides is 2. The summed E-state index contributed by atoms with van der Waals surface area (Å²) in [6.07, 6.45) is 0.503. The van der Waals surface area contributed by atoms with Crippen molar-refractivity contribution in [1.29, 1.82) is 0 Å². The zero-order valence-electron chi connectivity index (χ0n) is 17.5. The van der Waals surface area contributed by atoms with Crippen LogP contribution in [-0.2, 0) is 16.0 Å². The first-order valence-electron chi connectivity index (χ1n) is 10.2. The molecule has 3 aromatic carbocycles. The molecule has 0 atom stereocenters. The highest BCUT2D eigenvalue weighted by Gasteiger charge is 2.06. The molecule has 0 saturated heterocycles.